The monoisotopic (exact) mass is 373 g/mol. The van der Waals surface area contributed by atoms with Crippen LogP contribution in [0.3, 0.4) is 0 Å². The van der Waals surface area contributed by atoms with Crippen molar-refractivity contribution in [2.45, 2.75) is 0 Å². The van der Waals surface area contributed by atoms with Crippen molar-refractivity contribution in [3.05, 3.63) is 103 Å². The molecule has 0 saturated carbocycles. The Hall–Kier alpha value is -3.58. The van der Waals surface area contributed by atoms with Gasteiger partial charge in [0, 0.05) is 19.8 Å². The first-order valence-electron chi connectivity index (χ1n) is 10.0. The topological polar surface area (TPSA) is 3.24 Å². The molecule has 0 aliphatic rings. The van der Waals surface area contributed by atoms with Crippen LogP contribution in [0.2, 0.25) is 0 Å². The molecule has 0 fully saturated rings. The highest BCUT2D eigenvalue weighted by molar-refractivity contribution is 6.21. The Balaban J connectivity index is 1.95. The largest absolute Gasteiger partial charge is 0.378 e. The van der Waals surface area contributed by atoms with E-state index in [1.165, 1.54) is 49.5 Å². The van der Waals surface area contributed by atoms with Gasteiger partial charge < -0.3 is 4.90 Å². The van der Waals surface area contributed by atoms with Crippen LogP contribution in [0.1, 0.15) is 0 Å². The normalized spacial score (nSPS) is 11.1. The quantitative estimate of drug-likeness (QED) is 0.298. The van der Waals surface area contributed by atoms with Gasteiger partial charge in [0.15, 0.2) is 0 Å². The summed E-state index contributed by atoms with van der Waals surface area (Å²) in [5.41, 5.74) is 6.31. The molecule has 0 radical (unpaired) electrons. The third-order valence-electron chi connectivity index (χ3n) is 5.67. The lowest BCUT2D eigenvalue weighted by molar-refractivity contribution is 1.13. The van der Waals surface area contributed by atoms with E-state index in [2.05, 4.69) is 122 Å². The first-order chi connectivity index (χ1) is 14.2. The Morgan fingerprint density at radius 3 is 1.31 bits per heavy atom. The fraction of sp³-hybridized carbons (Fsp3) is 0.0714. The minimum absolute atomic E-state index is 1.21. The SMILES string of the molecule is CN(C)c1ccc(-c2c(-c3ccccc3)c3ccccc3c3ccccc23)cc1. The van der Waals surface area contributed by atoms with Gasteiger partial charge in [0.2, 0.25) is 0 Å². The number of rotatable bonds is 3. The zero-order valence-corrected chi connectivity index (χ0v) is 16.8. The number of benzene rings is 5. The van der Waals surface area contributed by atoms with Crippen LogP contribution >= 0.6 is 0 Å². The van der Waals surface area contributed by atoms with E-state index in [1.54, 1.807) is 0 Å². The maximum absolute atomic E-state index is 2.25. The molecular weight excluding hydrogens is 350 g/mol. The van der Waals surface area contributed by atoms with Crippen LogP contribution in [-0.2, 0) is 0 Å². The van der Waals surface area contributed by atoms with Crippen LogP contribution in [0.4, 0.5) is 5.69 Å². The molecule has 0 atom stereocenters. The molecule has 29 heavy (non-hydrogen) atoms. The van der Waals surface area contributed by atoms with Crippen molar-refractivity contribution in [3.63, 3.8) is 0 Å². The second-order valence-corrected chi connectivity index (χ2v) is 7.65. The maximum atomic E-state index is 2.25. The Morgan fingerprint density at radius 2 is 0.828 bits per heavy atom. The van der Waals surface area contributed by atoms with Crippen molar-refractivity contribution < 1.29 is 0 Å². The zero-order chi connectivity index (χ0) is 19.8. The predicted octanol–water partition coefficient (Wildman–Crippen LogP) is 7.39. The molecular formula is C28H23N. The summed E-state index contributed by atoms with van der Waals surface area (Å²) in [5.74, 6) is 0. The molecule has 5 aromatic carbocycles. The third-order valence-corrected chi connectivity index (χ3v) is 5.67. The van der Waals surface area contributed by atoms with Crippen molar-refractivity contribution >= 4 is 27.2 Å². The molecule has 5 aromatic rings. The minimum Gasteiger partial charge on any atom is -0.378 e. The van der Waals surface area contributed by atoms with Crippen LogP contribution in [-0.4, -0.2) is 14.1 Å². The van der Waals surface area contributed by atoms with Crippen LogP contribution in [0, 0.1) is 0 Å². The van der Waals surface area contributed by atoms with Gasteiger partial charge in [-0.2, -0.15) is 0 Å². The molecule has 0 saturated heterocycles. The van der Waals surface area contributed by atoms with E-state index in [0.717, 1.165) is 0 Å². The molecule has 0 N–H and O–H groups in total. The van der Waals surface area contributed by atoms with Crippen molar-refractivity contribution in [2.24, 2.45) is 0 Å². The molecule has 0 heterocycles. The predicted molar refractivity (Wildman–Crippen MR) is 127 cm³/mol. The third kappa shape index (κ3) is 2.96. The molecule has 1 heteroatoms. The minimum atomic E-state index is 1.21. The summed E-state index contributed by atoms with van der Waals surface area (Å²) in [5, 5.41) is 5.19. The lowest BCUT2D eigenvalue weighted by Crippen LogP contribution is -2.07. The molecule has 140 valence electrons. The Bertz CT molecular complexity index is 1300. The first kappa shape index (κ1) is 17.5. The average molecular weight is 373 g/mol. The molecule has 0 aromatic heterocycles. The second-order valence-electron chi connectivity index (χ2n) is 7.65. The number of hydrogen-bond acceptors (Lipinski definition) is 1. The van der Waals surface area contributed by atoms with E-state index in [-0.39, 0.29) is 0 Å². The molecule has 0 amide bonds. The van der Waals surface area contributed by atoms with Crippen LogP contribution < -0.4 is 4.90 Å². The van der Waals surface area contributed by atoms with Gasteiger partial charge in [-0.05, 0) is 55.9 Å². The maximum Gasteiger partial charge on any atom is 0.0361 e. The standard InChI is InChI=1S/C28H23N/c1-29(2)22-18-16-21(17-19-22)28-26-15-9-7-13-24(26)23-12-6-8-14-25(23)27(28)20-10-4-3-5-11-20/h3-19H,1-2H3. The fourth-order valence-corrected chi connectivity index (χ4v) is 4.27. The summed E-state index contributed by atoms with van der Waals surface area (Å²) >= 11 is 0. The van der Waals surface area contributed by atoms with E-state index in [4.69, 9.17) is 0 Å². The fourth-order valence-electron chi connectivity index (χ4n) is 4.27. The van der Waals surface area contributed by atoms with Gasteiger partial charge >= 0.3 is 0 Å². The van der Waals surface area contributed by atoms with Crippen LogP contribution in [0.15, 0.2) is 103 Å². The first-order valence-corrected chi connectivity index (χ1v) is 10.0. The van der Waals surface area contributed by atoms with E-state index < -0.39 is 0 Å². The van der Waals surface area contributed by atoms with Gasteiger partial charge in [-0.1, -0.05) is 91.0 Å². The summed E-state index contributed by atoms with van der Waals surface area (Å²) in [6.45, 7) is 0. The lowest BCUT2D eigenvalue weighted by Gasteiger charge is -2.19. The van der Waals surface area contributed by atoms with Crippen molar-refractivity contribution in [2.75, 3.05) is 19.0 Å². The van der Waals surface area contributed by atoms with E-state index in [9.17, 15) is 0 Å². The zero-order valence-electron chi connectivity index (χ0n) is 16.8. The summed E-state index contributed by atoms with van der Waals surface area (Å²) in [6, 6.07) is 37.2. The molecule has 5 rings (SSSR count). The summed E-state index contributed by atoms with van der Waals surface area (Å²) < 4.78 is 0. The summed E-state index contributed by atoms with van der Waals surface area (Å²) in [7, 11) is 4.16. The lowest BCUT2D eigenvalue weighted by atomic mass is 9.85. The highest BCUT2D eigenvalue weighted by Gasteiger charge is 2.17. The molecule has 0 unspecified atom stereocenters. The smallest absolute Gasteiger partial charge is 0.0361 e. The molecule has 1 nitrogen and oxygen atoms in total. The average Bonchev–Trinajstić information content (AvgIpc) is 2.79. The number of nitrogens with zero attached hydrogens (tertiary/aromatic N) is 1. The number of anilines is 1. The number of hydrogen-bond donors (Lipinski definition) is 0. The molecule has 0 aliphatic carbocycles. The molecule has 0 aliphatic heterocycles. The summed E-state index contributed by atoms with van der Waals surface area (Å²) in [4.78, 5) is 2.14. The van der Waals surface area contributed by atoms with Crippen molar-refractivity contribution in [1.82, 2.24) is 0 Å². The van der Waals surface area contributed by atoms with Crippen LogP contribution in [0.25, 0.3) is 43.8 Å². The van der Waals surface area contributed by atoms with Gasteiger partial charge in [-0.25, -0.2) is 0 Å². The van der Waals surface area contributed by atoms with E-state index in [0.29, 0.717) is 0 Å². The molecule has 0 bridgehead atoms. The Morgan fingerprint density at radius 1 is 0.414 bits per heavy atom. The highest BCUT2D eigenvalue weighted by Crippen LogP contribution is 2.44. The van der Waals surface area contributed by atoms with Crippen molar-refractivity contribution in [3.8, 4) is 22.3 Å². The van der Waals surface area contributed by atoms with Gasteiger partial charge in [0.1, 0.15) is 0 Å². The van der Waals surface area contributed by atoms with Crippen LogP contribution in [0.5, 0.6) is 0 Å². The summed E-state index contributed by atoms with van der Waals surface area (Å²) in [6.07, 6.45) is 0. The highest BCUT2D eigenvalue weighted by atomic mass is 15.1. The van der Waals surface area contributed by atoms with Gasteiger partial charge in [0.05, 0.1) is 0 Å². The Labute approximate surface area is 171 Å². The van der Waals surface area contributed by atoms with Gasteiger partial charge in [-0.3, -0.25) is 0 Å². The van der Waals surface area contributed by atoms with Gasteiger partial charge in [0.25, 0.3) is 0 Å². The van der Waals surface area contributed by atoms with Gasteiger partial charge in [-0.15, -0.1) is 0 Å². The Kier molecular flexibility index (Phi) is 4.29. The van der Waals surface area contributed by atoms with Crippen molar-refractivity contribution in [1.29, 1.82) is 0 Å². The number of fused-ring (bicyclic) bond motifs is 3. The van der Waals surface area contributed by atoms with E-state index in [1.807, 2.05) is 0 Å². The van der Waals surface area contributed by atoms with E-state index >= 15 is 0 Å². The molecule has 0 spiro atoms. The second kappa shape index (κ2) is 7.10.